The summed E-state index contributed by atoms with van der Waals surface area (Å²) in [5, 5.41) is 2.79. The molecule has 0 bridgehead atoms. The molecule has 0 aromatic heterocycles. The smallest absolute Gasteiger partial charge is 0.207 e. The van der Waals surface area contributed by atoms with Crippen molar-refractivity contribution in [1.29, 1.82) is 0 Å². The molecule has 0 heterocycles. The second-order valence-corrected chi connectivity index (χ2v) is 4.26. The number of nitrogens with one attached hydrogen (secondary N) is 1. The molecule has 0 saturated heterocycles. The number of ether oxygens (including phenoxy) is 1. The van der Waals surface area contributed by atoms with Crippen molar-refractivity contribution in [2.75, 3.05) is 6.61 Å². The van der Waals surface area contributed by atoms with Crippen LogP contribution in [0.1, 0.15) is 32.8 Å². The molecular weight excluding hydrogens is 202 g/mol. The fourth-order valence-electron chi connectivity index (χ4n) is 1.43. The highest BCUT2D eigenvalue weighted by molar-refractivity contribution is 5.49. The van der Waals surface area contributed by atoms with Gasteiger partial charge in [-0.25, -0.2) is 0 Å². The van der Waals surface area contributed by atoms with Crippen molar-refractivity contribution in [3.8, 4) is 5.75 Å². The van der Waals surface area contributed by atoms with Crippen molar-refractivity contribution in [2.45, 2.75) is 32.7 Å². The minimum absolute atomic E-state index is 0.368. The van der Waals surface area contributed by atoms with Gasteiger partial charge in [-0.05, 0) is 38.0 Å². The highest BCUT2D eigenvalue weighted by Crippen LogP contribution is 2.23. The zero-order valence-electron chi connectivity index (χ0n) is 10.1. The molecule has 16 heavy (non-hydrogen) atoms. The first-order valence-corrected chi connectivity index (χ1v) is 5.55. The molecule has 0 aliphatic heterocycles. The maximum Gasteiger partial charge on any atom is 0.207 e. The quantitative estimate of drug-likeness (QED) is 0.749. The van der Waals surface area contributed by atoms with Gasteiger partial charge in [-0.2, -0.15) is 0 Å². The molecule has 0 radical (unpaired) electrons. The minimum Gasteiger partial charge on any atom is -0.494 e. The van der Waals surface area contributed by atoms with Gasteiger partial charge in [-0.1, -0.05) is 19.1 Å². The van der Waals surface area contributed by atoms with E-state index in [0.717, 1.165) is 24.1 Å². The minimum atomic E-state index is -0.368. The van der Waals surface area contributed by atoms with Crippen LogP contribution in [0.5, 0.6) is 5.75 Å². The Morgan fingerprint density at radius 1 is 1.44 bits per heavy atom. The van der Waals surface area contributed by atoms with Crippen LogP contribution in [0.3, 0.4) is 0 Å². The lowest BCUT2D eigenvalue weighted by Crippen LogP contribution is -2.35. The average molecular weight is 221 g/mol. The second kappa shape index (κ2) is 5.54. The van der Waals surface area contributed by atoms with E-state index in [0.29, 0.717) is 6.61 Å². The van der Waals surface area contributed by atoms with Crippen LogP contribution in [0.2, 0.25) is 0 Å². The Kier molecular flexibility index (Phi) is 4.35. The van der Waals surface area contributed by atoms with E-state index in [-0.39, 0.29) is 5.54 Å². The molecule has 0 fully saturated rings. The molecule has 1 N–H and O–H groups in total. The van der Waals surface area contributed by atoms with E-state index in [4.69, 9.17) is 4.74 Å². The summed E-state index contributed by atoms with van der Waals surface area (Å²) in [5.41, 5.74) is 0.668. The van der Waals surface area contributed by atoms with Crippen LogP contribution < -0.4 is 10.1 Å². The van der Waals surface area contributed by atoms with Crippen LogP contribution in [0.25, 0.3) is 0 Å². The molecule has 1 aromatic carbocycles. The number of carbonyl (C=O) groups excluding carboxylic acids is 1. The van der Waals surface area contributed by atoms with Crippen LogP contribution in [0, 0.1) is 0 Å². The van der Waals surface area contributed by atoms with Gasteiger partial charge >= 0.3 is 0 Å². The molecule has 0 aliphatic rings. The molecule has 3 heteroatoms. The van der Waals surface area contributed by atoms with Crippen molar-refractivity contribution in [1.82, 2.24) is 5.32 Å². The van der Waals surface area contributed by atoms with Gasteiger partial charge in [-0.3, -0.25) is 4.79 Å². The van der Waals surface area contributed by atoms with Gasteiger partial charge in [0.1, 0.15) is 5.75 Å². The highest BCUT2D eigenvalue weighted by Gasteiger charge is 2.19. The van der Waals surface area contributed by atoms with Crippen LogP contribution in [0.4, 0.5) is 0 Å². The number of amides is 1. The van der Waals surface area contributed by atoms with E-state index < -0.39 is 0 Å². The molecule has 0 spiro atoms. The number of hydrogen-bond donors (Lipinski definition) is 1. The molecule has 0 saturated carbocycles. The van der Waals surface area contributed by atoms with Gasteiger partial charge in [0.05, 0.1) is 12.1 Å². The third kappa shape index (κ3) is 3.26. The number of hydrogen-bond acceptors (Lipinski definition) is 2. The van der Waals surface area contributed by atoms with Gasteiger partial charge in [0, 0.05) is 0 Å². The standard InChI is InChI=1S/C13H19NO2/c1-4-8-16-12-7-5-6-11(9-12)13(2,3)14-10-15/h5-7,9-10H,4,8H2,1-3H3,(H,14,15). The summed E-state index contributed by atoms with van der Waals surface area (Å²) in [6.45, 7) is 6.70. The third-order valence-corrected chi connectivity index (χ3v) is 2.45. The normalized spacial score (nSPS) is 10.9. The summed E-state index contributed by atoms with van der Waals surface area (Å²) in [7, 11) is 0. The van der Waals surface area contributed by atoms with Crippen molar-refractivity contribution >= 4 is 6.41 Å². The lowest BCUT2D eigenvalue weighted by atomic mass is 9.94. The van der Waals surface area contributed by atoms with Crippen molar-refractivity contribution < 1.29 is 9.53 Å². The fourth-order valence-corrected chi connectivity index (χ4v) is 1.43. The molecule has 3 nitrogen and oxygen atoms in total. The second-order valence-electron chi connectivity index (χ2n) is 4.26. The van der Waals surface area contributed by atoms with Gasteiger partial charge in [0.25, 0.3) is 0 Å². The average Bonchev–Trinajstić information content (AvgIpc) is 2.27. The Balaban J connectivity index is 2.84. The molecule has 1 amide bonds. The first-order valence-electron chi connectivity index (χ1n) is 5.55. The van der Waals surface area contributed by atoms with E-state index in [1.54, 1.807) is 0 Å². The summed E-state index contributed by atoms with van der Waals surface area (Å²) in [6.07, 6.45) is 1.71. The maximum atomic E-state index is 10.5. The van der Waals surface area contributed by atoms with E-state index in [1.165, 1.54) is 0 Å². The summed E-state index contributed by atoms with van der Waals surface area (Å²) in [5.74, 6) is 0.847. The molecule has 0 unspecified atom stereocenters. The molecule has 1 rings (SSSR count). The summed E-state index contributed by atoms with van der Waals surface area (Å²) >= 11 is 0. The van der Waals surface area contributed by atoms with Gasteiger partial charge < -0.3 is 10.1 Å². The zero-order chi connectivity index (χ0) is 12.0. The van der Waals surface area contributed by atoms with E-state index in [9.17, 15) is 4.79 Å². The largest absolute Gasteiger partial charge is 0.494 e. The SMILES string of the molecule is CCCOc1cccc(C(C)(C)NC=O)c1. The van der Waals surface area contributed by atoms with Crippen molar-refractivity contribution in [2.24, 2.45) is 0 Å². The topological polar surface area (TPSA) is 38.3 Å². The van der Waals surface area contributed by atoms with Crippen molar-refractivity contribution in [3.05, 3.63) is 29.8 Å². The first kappa shape index (κ1) is 12.6. The van der Waals surface area contributed by atoms with Crippen LogP contribution >= 0.6 is 0 Å². The van der Waals surface area contributed by atoms with E-state index in [2.05, 4.69) is 12.2 Å². The molecule has 0 atom stereocenters. The van der Waals surface area contributed by atoms with E-state index in [1.807, 2.05) is 38.1 Å². The van der Waals surface area contributed by atoms with E-state index >= 15 is 0 Å². The highest BCUT2D eigenvalue weighted by atomic mass is 16.5. The Morgan fingerprint density at radius 2 is 2.19 bits per heavy atom. The number of carbonyl (C=O) groups is 1. The molecule has 0 aliphatic carbocycles. The Morgan fingerprint density at radius 3 is 2.81 bits per heavy atom. The Hall–Kier alpha value is -1.51. The Bertz CT molecular complexity index is 348. The predicted octanol–water partition coefficient (Wildman–Crippen LogP) is 2.46. The number of rotatable bonds is 6. The van der Waals surface area contributed by atoms with Crippen LogP contribution in [-0.4, -0.2) is 13.0 Å². The third-order valence-electron chi connectivity index (χ3n) is 2.45. The van der Waals surface area contributed by atoms with Crippen LogP contribution in [-0.2, 0) is 10.3 Å². The maximum absolute atomic E-state index is 10.5. The Labute approximate surface area is 96.8 Å². The van der Waals surface area contributed by atoms with Gasteiger partial charge in [0.2, 0.25) is 6.41 Å². The van der Waals surface area contributed by atoms with Gasteiger partial charge in [-0.15, -0.1) is 0 Å². The molecular formula is C13H19NO2. The van der Waals surface area contributed by atoms with Crippen LogP contribution in [0.15, 0.2) is 24.3 Å². The zero-order valence-corrected chi connectivity index (χ0v) is 10.1. The lowest BCUT2D eigenvalue weighted by molar-refractivity contribution is -0.111. The molecule has 1 aromatic rings. The summed E-state index contributed by atoms with van der Waals surface area (Å²) in [4.78, 5) is 10.5. The fraction of sp³-hybridized carbons (Fsp3) is 0.462. The molecule has 88 valence electrons. The van der Waals surface area contributed by atoms with Crippen molar-refractivity contribution in [3.63, 3.8) is 0 Å². The number of benzene rings is 1. The predicted molar refractivity (Wildman–Crippen MR) is 64.5 cm³/mol. The first-order chi connectivity index (χ1) is 7.60. The summed E-state index contributed by atoms with van der Waals surface area (Å²) in [6, 6.07) is 7.81. The lowest BCUT2D eigenvalue weighted by Gasteiger charge is -2.24. The van der Waals surface area contributed by atoms with Gasteiger partial charge in [0.15, 0.2) is 0 Å². The summed E-state index contributed by atoms with van der Waals surface area (Å²) < 4.78 is 5.55. The monoisotopic (exact) mass is 221 g/mol.